The Morgan fingerprint density at radius 1 is 1.13 bits per heavy atom. The molecule has 0 spiro atoms. The minimum Gasteiger partial charge on any atom is -0.387 e. The molecule has 2 N–H and O–H groups in total. The molecule has 5 nitrogen and oxygen atoms in total. The summed E-state index contributed by atoms with van der Waals surface area (Å²) in [5.41, 5.74) is 4.40. The fourth-order valence-electron chi connectivity index (χ4n) is 4.76. The molecule has 1 atom stereocenters. The molecular weight excluding hydrogens is 376 g/mol. The summed E-state index contributed by atoms with van der Waals surface area (Å²) in [6.07, 6.45) is 2.11. The lowest BCUT2D eigenvalue weighted by Gasteiger charge is -2.39. The average molecular weight is 409 g/mol. The van der Waals surface area contributed by atoms with Crippen LogP contribution in [0.1, 0.15) is 54.5 Å². The van der Waals surface area contributed by atoms with Gasteiger partial charge in [-0.3, -0.25) is 4.79 Å². The molecule has 1 unspecified atom stereocenters. The SMILES string of the molecule is CCC(=O)N1CCc2cc(C(O)CN3CCC(O)(c4cccc(C)c4)CC3)ccc21. The predicted octanol–water partition coefficient (Wildman–Crippen LogP) is 3.31. The highest BCUT2D eigenvalue weighted by atomic mass is 16.3. The van der Waals surface area contributed by atoms with Crippen LogP contribution in [-0.2, 0) is 16.8 Å². The van der Waals surface area contributed by atoms with Crippen LogP contribution in [0.25, 0.3) is 0 Å². The first kappa shape index (κ1) is 21.0. The Labute approximate surface area is 178 Å². The molecule has 0 radical (unpaired) electrons. The number of amides is 1. The second-order valence-electron chi connectivity index (χ2n) is 8.75. The third-order valence-corrected chi connectivity index (χ3v) is 6.66. The van der Waals surface area contributed by atoms with Gasteiger partial charge in [0.25, 0.3) is 0 Å². The van der Waals surface area contributed by atoms with Crippen molar-refractivity contribution < 1.29 is 15.0 Å². The molecule has 4 rings (SSSR count). The molecule has 0 bridgehead atoms. The van der Waals surface area contributed by atoms with Crippen molar-refractivity contribution in [1.82, 2.24) is 4.90 Å². The Bertz CT molecular complexity index is 918. The van der Waals surface area contributed by atoms with E-state index in [0.29, 0.717) is 25.8 Å². The van der Waals surface area contributed by atoms with Crippen molar-refractivity contribution in [2.45, 2.75) is 51.2 Å². The predicted molar refractivity (Wildman–Crippen MR) is 118 cm³/mol. The number of nitrogens with zero attached hydrogens (tertiary/aromatic N) is 2. The van der Waals surface area contributed by atoms with Crippen LogP contribution in [0.3, 0.4) is 0 Å². The van der Waals surface area contributed by atoms with Gasteiger partial charge in [0.15, 0.2) is 0 Å². The van der Waals surface area contributed by atoms with Gasteiger partial charge < -0.3 is 20.0 Å². The van der Waals surface area contributed by atoms with E-state index in [2.05, 4.69) is 17.0 Å². The molecule has 0 aliphatic carbocycles. The minimum atomic E-state index is -0.781. The van der Waals surface area contributed by atoms with Crippen LogP contribution in [0.2, 0.25) is 0 Å². The summed E-state index contributed by atoms with van der Waals surface area (Å²) in [6.45, 7) is 6.73. The van der Waals surface area contributed by atoms with Crippen LogP contribution in [0.15, 0.2) is 42.5 Å². The van der Waals surface area contributed by atoms with Crippen LogP contribution in [-0.4, -0.2) is 47.2 Å². The first-order valence-corrected chi connectivity index (χ1v) is 11.0. The summed E-state index contributed by atoms with van der Waals surface area (Å²) in [5, 5.41) is 21.9. The number of fused-ring (bicyclic) bond motifs is 1. The van der Waals surface area contributed by atoms with Gasteiger partial charge in [-0.15, -0.1) is 0 Å². The third kappa shape index (κ3) is 4.15. The summed E-state index contributed by atoms with van der Waals surface area (Å²) in [7, 11) is 0. The molecule has 0 aromatic heterocycles. The highest BCUT2D eigenvalue weighted by Crippen LogP contribution is 2.35. The monoisotopic (exact) mass is 408 g/mol. The van der Waals surface area contributed by atoms with E-state index in [1.807, 2.05) is 49.1 Å². The fraction of sp³-hybridized carbons (Fsp3) is 0.480. The van der Waals surface area contributed by atoms with Gasteiger partial charge >= 0.3 is 0 Å². The summed E-state index contributed by atoms with van der Waals surface area (Å²) >= 11 is 0. The van der Waals surface area contributed by atoms with Crippen LogP contribution in [0, 0.1) is 6.92 Å². The molecule has 2 aromatic rings. The number of hydrogen-bond acceptors (Lipinski definition) is 4. The summed E-state index contributed by atoms with van der Waals surface area (Å²) in [4.78, 5) is 16.2. The molecule has 5 heteroatoms. The first-order valence-electron chi connectivity index (χ1n) is 11.0. The zero-order valence-electron chi connectivity index (χ0n) is 18.0. The number of aliphatic hydroxyl groups is 2. The van der Waals surface area contributed by atoms with Crippen LogP contribution >= 0.6 is 0 Å². The molecular formula is C25H32N2O3. The van der Waals surface area contributed by atoms with E-state index in [9.17, 15) is 15.0 Å². The van der Waals surface area contributed by atoms with Gasteiger partial charge in [0.1, 0.15) is 0 Å². The van der Waals surface area contributed by atoms with Crippen molar-refractivity contribution in [2.24, 2.45) is 0 Å². The van der Waals surface area contributed by atoms with E-state index in [1.165, 1.54) is 0 Å². The van der Waals surface area contributed by atoms with Gasteiger partial charge in [0.05, 0.1) is 11.7 Å². The molecule has 2 aliphatic rings. The van der Waals surface area contributed by atoms with E-state index >= 15 is 0 Å². The van der Waals surface area contributed by atoms with Gasteiger partial charge in [-0.2, -0.15) is 0 Å². The molecule has 2 heterocycles. The van der Waals surface area contributed by atoms with Crippen molar-refractivity contribution >= 4 is 11.6 Å². The lowest BCUT2D eigenvalue weighted by atomic mass is 9.84. The molecule has 1 saturated heterocycles. The Morgan fingerprint density at radius 3 is 2.60 bits per heavy atom. The number of piperidine rings is 1. The van der Waals surface area contributed by atoms with E-state index < -0.39 is 11.7 Å². The van der Waals surface area contributed by atoms with Crippen molar-refractivity contribution in [3.63, 3.8) is 0 Å². The lowest BCUT2D eigenvalue weighted by Crippen LogP contribution is -2.44. The summed E-state index contributed by atoms with van der Waals surface area (Å²) < 4.78 is 0. The van der Waals surface area contributed by atoms with Crippen molar-refractivity contribution in [2.75, 3.05) is 31.1 Å². The fourth-order valence-corrected chi connectivity index (χ4v) is 4.76. The van der Waals surface area contributed by atoms with Gasteiger partial charge in [0, 0.05) is 38.3 Å². The second kappa shape index (κ2) is 8.50. The number of rotatable bonds is 5. The van der Waals surface area contributed by atoms with Crippen LogP contribution < -0.4 is 4.90 Å². The average Bonchev–Trinajstić information content (AvgIpc) is 3.18. The maximum atomic E-state index is 12.1. The number of anilines is 1. The van der Waals surface area contributed by atoms with E-state index in [1.54, 1.807) is 0 Å². The topological polar surface area (TPSA) is 64.0 Å². The molecule has 160 valence electrons. The van der Waals surface area contributed by atoms with Gasteiger partial charge in [-0.05, 0) is 48.9 Å². The van der Waals surface area contributed by atoms with E-state index in [4.69, 9.17) is 0 Å². The Balaban J connectivity index is 1.38. The van der Waals surface area contributed by atoms with Gasteiger partial charge in [0.2, 0.25) is 5.91 Å². The molecule has 30 heavy (non-hydrogen) atoms. The lowest BCUT2D eigenvalue weighted by molar-refractivity contribution is -0.118. The first-order chi connectivity index (χ1) is 14.4. The molecule has 2 aliphatic heterocycles. The number of aliphatic hydroxyl groups excluding tert-OH is 1. The number of likely N-dealkylation sites (tertiary alicyclic amines) is 1. The summed E-state index contributed by atoms with van der Waals surface area (Å²) in [6, 6.07) is 14.1. The number of hydrogen-bond donors (Lipinski definition) is 2. The summed E-state index contributed by atoms with van der Waals surface area (Å²) in [5.74, 6) is 0.150. The largest absolute Gasteiger partial charge is 0.387 e. The van der Waals surface area contributed by atoms with Crippen molar-refractivity contribution in [1.29, 1.82) is 0 Å². The van der Waals surface area contributed by atoms with E-state index in [-0.39, 0.29) is 5.91 Å². The van der Waals surface area contributed by atoms with Crippen LogP contribution in [0.4, 0.5) is 5.69 Å². The number of aryl methyl sites for hydroxylation is 1. The Hall–Kier alpha value is -2.21. The standard InChI is InChI=1S/C25H32N2O3/c1-3-24(29)27-12-9-19-16-20(7-8-22(19)27)23(28)17-26-13-10-25(30,11-14-26)21-6-4-5-18(2)15-21/h4-8,15-16,23,28,30H,3,9-14,17H2,1-2H3. The second-order valence-corrected chi connectivity index (χ2v) is 8.75. The molecule has 2 aromatic carbocycles. The minimum absolute atomic E-state index is 0.150. The van der Waals surface area contributed by atoms with Crippen LogP contribution in [0.5, 0.6) is 0 Å². The smallest absolute Gasteiger partial charge is 0.226 e. The Kier molecular flexibility index (Phi) is 5.96. The molecule has 1 fully saturated rings. The zero-order chi connectivity index (χ0) is 21.3. The van der Waals surface area contributed by atoms with Gasteiger partial charge in [-0.1, -0.05) is 48.9 Å². The number of benzene rings is 2. The molecule has 1 amide bonds. The van der Waals surface area contributed by atoms with Crippen molar-refractivity contribution in [3.05, 3.63) is 64.7 Å². The number of carbonyl (C=O) groups is 1. The maximum absolute atomic E-state index is 12.1. The highest BCUT2D eigenvalue weighted by Gasteiger charge is 2.34. The molecule has 0 saturated carbocycles. The van der Waals surface area contributed by atoms with Gasteiger partial charge in [-0.25, -0.2) is 0 Å². The Morgan fingerprint density at radius 2 is 1.90 bits per heavy atom. The zero-order valence-corrected chi connectivity index (χ0v) is 18.0. The third-order valence-electron chi connectivity index (χ3n) is 6.66. The van der Waals surface area contributed by atoms with E-state index in [0.717, 1.165) is 54.0 Å². The highest BCUT2D eigenvalue weighted by molar-refractivity contribution is 5.95. The number of carbonyl (C=O) groups excluding carboxylic acids is 1. The maximum Gasteiger partial charge on any atom is 0.226 e. The van der Waals surface area contributed by atoms with Crippen molar-refractivity contribution in [3.8, 4) is 0 Å². The number of β-amino-alcohol motifs (C(OH)–C–C–N with tert-alkyl or cyclic N) is 1. The quantitative estimate of drug-likeness (QED) is 0.797. The normalized spacial score (nSPS) is 19.5.